The van der Waals surface area contributed by atoms with E-state index in [-0.39, 0.29) is 10.8 Å². The average Bonchev–Trinajstić information content (AvgIpc) is 1.57. The monoisotopic (exact) mass is 1460 g/mol. The largest absolute Gasteiger partial charge is 0.311 e. The van der Waals surface area contributed by atoms with Gasteiger partial charge in [0.2, 0.25) is 0 Å². The van der Waals surface area contributed by atoms with Crippen LogP contribution in [0.2, 0.25) is 0 Å². The Morgan fingerprint density at radius 2 is 0.518 bits per heavy atom. The van der Waals surface area contributed by atoms with Crippen LogP contribution in [-0.2, 0) is 10.8 Å². The van der Waals surface area contributed by atoms with Crippen molar-refractivity contribution in [3.05, 3.63) is 274 Å². The molecule has 6 atom stereocenters. The number of anilines is 6. The third-order valence-corrected chi connectivity index (χ3v) is 26.6. The van der Waals surface area contributed by atoms with E-state index in [9.17, 15) is 0 Å². The van der Waals surface area contributed by atoms with Gasteiger partial charge in [-0.15, -0.1) is 0 Å². The Morgan fingerprint density at radius 1 is 0.255 bits per heavy atom. The van der Waals surface area contributed by atoms with Crippen LogP contribution in [0.1, 0.15) is 305 Å². The van der Waals surface area contributed by atoms with Crippen molar-refractivity contribution in [1.82, 2.24) is 0 Å². The quantitative estimate of drug-likeness (QED) is 0.0381. The van der Waals surface area contributed by atoms with E-state index in [2.05, 4.69) is 339 Å². The maximum atomic E-state index is 2.62. The molecule has 10 aromatic carbocycles. The van der Waals surface area contributed by atoms with Crippen LogP contribution in [0.15, 0.2) is 218 Å². The summed E-state index contributed by atoms with van der Waals surface area (Å²) in [7, 11) is 0. The highest BCUT2D eigenvalue weighted by atomic mass is 15.1. The standard InChI is InChI=1S/C55H71N.C53H67N/c1-9-14-16-43(12-4)34-36-55(37-35-44(13-5)17-15-10-2)53-38-41(7)20-32-51(53)52-33-25-47(39-54(52)55)46-23-30-50(31-24-46)56(48-26-18-40(6)19-27-48)49-28-21-45(22-29-49)42(8)11-3;1-9-14-16-41(12-4)36-53(37-42(13-5)17-15-10-2)51-34-39(7)20-32-49(51)50-33-25-45(35-52(50)53)44-23-30-48(31-24-44)54(46-26-18-38(6)19-27-46)47-28-21-43(22-29-47)40(8)11-3/h18-33,38-39,42-44H,9-17,34-37H2,1-8H3;18-35,40-42H,9-17,36-37H2,1-8H3. The predicted molar refractivity (Wildman–Crippen MR) is 483 cm³/mol. The van der Waals surface area contributed by atoms with E-state index in [1.54, 1.807) is 22.3 Å². The van der Waals surface area contributed by atoms with Gasteiger partial charge in [0.25, 0.3) is 0 Å². The fourth-order valence-electron chi connectivity index (χ4n) is 18.9. The average molecular weight is 1460 g/mol. The zero-order chi connectivity index (χ0) is 77.9. The van der Waals surface area contributed by atoms with Gasteiger partial charge in [0.15, 0.2) is 0 Å². The van der Waals surface area contributed by atoms with Gasteiger partial charge in [0.05, 0.1) is 0 Å². The minimum Gasteiger partial charge on any atom is -0.311 e. The highest BCUT2D eigenvalue weighted by Gasteiger charge is 2.46. The number of nitrogens with zero attached hydrogens (tertiary/aromatic N) is 2. The smallest absolute Gasteiger partial charge is 0.0462 e. The third-order valence-electron chi connectivity index (χ3n) is 26.6. The van der Waals surface area contributed by atoms with E-state index in [4.69, 9.17) is 0 Å². The summed E-state index contributed by atoms with van der Waals surface area (Å²) in [5, 5.41) is 0. The van der Waals surface area contributed by atoms with Gasteiger partial charge in [-0.05, 0) is 277 Å². The van der Waals surface area contributed by atoms with Gasteiger partial charge in [-0.1, -0.05) is 342 Å². The number of benzene rings is 10. The van der Waals surface area contributed by atoms with Crippen molar-refractivity contribution >= 4 is 34.1 Å². The van der Waals surface area contributed by atoms with Gasteiger partial charge in [-0.25, -0.2) is 0 Å². The first-order valence-electron chi connectivity index (χ1n) is 44.2. The summed E-state index contributed by atoms with van der Waals surface area (Å²) >= 11 is 0. The summed E-state index contributed by atoms with van der Waals surface area (Å²) < 4.78 is 0. The van der Waals surface area contributed by atoms with Gasteiger partial charge < -0.3 is 9.80 Å². The molecule has 10 aromatic rings. The fraction of sp³-hybridized carbons (Fsp3) is 0.444. The lowest BCUT2D eigenvalue weighted by Gasteiger charge is -2.39. The molecule has 110 heavy (non-hydrogen) atoms. The van der Waals surface area contributed by atoms with Crippen molar-refractivity contribution in [1.29, 1.82) is 0 Å². The second-order valence-corrected chi connectivity index (χ2v) is 34.2. The molecule has 0 bridgehead atoms. The van der Waals surface area contributed by atoms with Gasteiger partial charge in [0.1, 0.15) is 0 Å². The van der Waals surface area contributed by atoms with E-state index < -0.39 is 0 Å². The highest BCUT2D eigenvalue weighted by molar-refractivity contribution is 5.87. The molecule has 0 saturated carbocycles. The van der Waals surface area contributed by atoms with E-state index >= 15 is 0 Å². The Hall–Kier alpha value is -8.20. The molecule has 0 N–H and O–H groups in total. The lowest BCUT2D eigenvalue weighted by atomic mass is 9.65. The zero-order valence-electron chi connectivity index (χ0n) is 71.1. The van der Waals surface area contributed by atoms with E-state index in [1.807, 2.05) is 0 Å². The molecule has 0 aromatic heterocycles. The Labute approximate surface area is 669 Å². The van der Waals surface area contributed by atoms with Crippen LogP contribution in [0.3, 0.4) is 0 Å². The van der Waals surface area contributed by atoms with E-state index in [0.717, 1.165) is 36.5 Å². The van der Waals surface area contributed by atoms with Crippen LogP contribution in [0.4, 0.5) is 34.1 Å². The summed E-state index contributed by atoms with van der Waals surface area (Å²) in [4.78, 5) is 4.81. The van der Waals surface area contributed by atoms with Crippen molar-refractivity contribution in [2.24, 2.45) is 23.7 Å². The summed E-state index contributed by atoms with van der Waals surface area (Å²) in [5.41, 5.74) is 32.8. The second kappa shape index (κ2) is 39.3. The normalized spacial score (nSPS) is 16.4. The maximum absolute atomic E-state index is 2.62. The van der Waals surface area contributed by atoms with Crippen LogP contribution in [0.25, 0.3) is 44.5 Å². The molecule has 2 heteroatoms. The second-order valence-electron chi connectivity index (χ2n) is 34.2. The highest BCUT2D eigenvalue weighted by Crippen LogP contribution is 2.59. The molecule has 6 unspecified atom stereocenters. The van der Waals surface area contributed by atoms with E-state index in [0.29, 0.717) is 11.8 Å². The molecular formula is C108H138N2. The van der Waals surface area contributed by atoms with Crippen molar-refractivity contribution < 1.29 is 0 Å². The minimum atomic E-state index is 0.0408. The number of hydrogen-bond donors (Lipinski definition) is 0. The summed E-state index contributed by atoms with van der Waals surface area (Å²) in [6.07, 6.45) is 30.8. The Balaban J connectivity index is 0.000000218. The summed E-state index contributed by atoms with van der Waals surface area (Å²) in [5.74, 6) is 4.16. The first kappa shape index (κ1) is 82.8. The lowest BCUT2D eigenvalue weighted by molar-refractivity contribution is 0.266. The fourth-order valence-corrected chi connectivity index (χ4v) is 18.9. The van der Waals surface area contributed by atoms with Crippen molar-refractivity contribution in [3.63, 3.8) is 0 Å². The SMILES string of the molecule is CCCCC(CC)CC1(CC(CC)CCCC)c2cc(C)ccc2-c2ccc(-c3ccc(N(c4ccc(C)cc4)c4ccc(C(C)CC)cc4)cc3)cc21.CCCCC(CC)CCC1(CCC(CC)CCCC)c2cc(C)ccc2-c2ccc(-c3ccc(N(c4ccc(C)cc4)c4ccc(C(C)CC)cc4)cc3)cc21. The third kappa shape index (κ3) is 19.1. The Bertz CT molecular complexity index is 4440. The van der Waals surface area contributed by atoms with Crippen LogP contribution in [0.5, 0.6) is 0 Å². The van der Waals surface area contributed by atoms with Gasteiger partial charge >= 0.3 is 0 Å². The Kier molecular flexibility index (Phi) is 29.6. The molecule has 0 amide bonds. The predicted octanol–water partition coefficient (Wildman–Crippen LogP) is 33.6. The first-order valence-corrected chi connectivity index (χ1v) is 44.2. The van der Waals surface area contributed by atoms with Crippen molar-refractivity contribution in [3.8, 4) is 44.5 Å². The van der Waals surface area contributed by atoms with Crippen LogP contribution < -0.4 is 9.80 Å². The molecule has 12 rings (SSSR count). The molecule has 0 spiro atoms. The Morgan fingerprint density at radius 3 is 0.836 bits per heavy atom. The molecule has 2 aliphatic carbocycles. The molecule has 0 saturated heterocycles. The number of hydrogen-bond acceptors (Lipinski definition) is 2. The summed E-state index contributed by atoms with van der Waals surface area (Å²) in [6, 6.07) is 84.7. The number of aryl methyl sites for hydroxylation is 4. The van der Waals surface area contributed by atoms with Gasteiger partial charge in [0, 0.05) is 45.0 Å². The molecular weight excluding hydrogens is 1330 g/mol. The van der Waals surface area contributed by atoms with E-state index in [1.165, 1.54) is 253 Å². The maximum Gasteiger partial charge on any atom is 0.0462 e. The molecule has 580 valence electrons. The molecule has 2 nitrogen and oxygen atoms in total. The first-order chi connectivity index (χ1) is 53.5. The lowest BCUT2D eigenvalue weighted by Crippen LogP contribution is -2.31. The minimum absolute atomic E-state index is 0.0408. The van der Waals surface area contributed by atoms with Crippen LogP contribution in [-0.4, -0.2) is 0 Å². The molecule has 0 radical (unpaired) electrons. The van der Waals surface area contributed by atoms with Gasteiger partial charge in [-0.2, -0.15) is 0 Å². The number of unbranched alkanes of at least 4 members (excludes halogenated alkanes) is 4. The molecule has 0 aliphatic heterocycles. The van der Waals surface area contributed by atoms with Crippen LogP contribution in [0, 0.1) is 51.4 Å². The zero-order valence-corrected chi connectivity index (χ0v) is 71.1. The molecule has 0 heterocycles. The summed E-state index contributed by atoms with van der Waals surface area (Å²) in [6.45, 7) is 37.2. The van der Waals surface area contributed by atoms with Crippen molar-refractivity contribution in [2.45, 2.75) is 288 Å². The van der Waals surface area contributed by atoms with Crippen LogP contribution >= 0.6 is 0 Å². The van der Waals surface area contributed by atoms with Crippen molar-refractivity contribution in [2.75, 3.05) is 9.80 Å². The molecule has 2 aliphatic rings. The van der Waals surface area contributed by atoms with Gasteiger partial charge in [-0.3, -0.25) is 0 Å². The number of fused-ring (bicyclic) bond motifs is 6. The topological polar surface area (TPSA) is 6.48 Å². The number of rotatable bonds is 38. The molecule has 0 fully saturated rings.